The number of ether oxygens (including phenoxy) is 1. The number of carbonyl (C=O) groups excluding carboxylic acids is 2. The molecule has 1 saturated heterocycles. The summed E-state index contributed by atoms with van der Waals surface area (Å²) in [6.45, 7) is 11.0. The summed E-state index contributed by atoms with van der Waals surface area (Å²) < 4.78 is 5.84. The van der Waals surface area contributed by atoms with Crippen molar-refractivity contribution in [3.05, 3.63) is 28.8 Å². The summed E-state index contributed by atoms with van der Waals surface area (Å²) in [6.07, 6.45) is 1.50. The zero-order valence-corrected chi connectivity index (χ0v) is 17.8. The molecule has 0 unspecified atom stereocenters. The number of aryl methyl sites for hydroxylation is 2. The van der Waals surface area contributed by atoms with Crippen molar-refractivity contribution < 1.29 is 14.3 Å². The Bertz CT molecular complexity index is 695. The number of carbonyl (C=O) groups is 2. The average Bonchev–Trinajstić information content (AvgIpc) is 2.65. The van der Waals surface area contributed by atoms with Crippen LogP contribution >= 0.6 is 11.6 Å². The maximum absolute atomic E-state index is 12.5. The van der Waals surface area contributed by atoms with Gasteiger partial charge in [0, 0.05) is 25.0 Å². The maximum atomic E-state index is 12.5. The first-order chi connectivity index (χ1) is 12.7. The molecule has 27 heavy (non-hydrogen) atoms. The second-order valence-corrected chi connectivity index (χ2v) is 8.36. The van der Waals surface area contributed by atoms with E-state index in [1.165, 1.54) is 0 Å². The van der Waals surface area contributed by atoms with Gasteiger partial charge in [0.25, 0.3) is 5.91 Å². The molecule has 0 saturated carbocycles. The van der Waals surface area contributed by atoms with Crippen LogP contribution in [0, 0.1) is 26.2 Å². The fourth-order valence-corrected chi connectivity index (χ4v) is 3.21. The summed E-state index contributed by atoms with van der Waals surface area (Å²) in [4.78, 5) is 26.6. The fourth-order valence-electron chi connectivity index (χ4n) is 3.09. The van der Waals surface area contributed by atoms with Crippen LogP contribution in [0.15, 0.2) is 12.1 Å². The molecule has 6 heteroatoms. The van der Waals surface area contributed by atoms with Crippen molar-refractivity contribution >= 4 is 23.4 Å². The summed E-state index contributed by atoms with van der Waals surface area (Å²) in [7, 11) is 0. The second kappa shape index (κ2) is 8.96. The van der Waals surface area contributed by atoms with Gasteiger partial charge in [-0.15, -0.1) is 11.6 Å². The van der Waals surface area contributed by atoms with Crippen molar-refractivity contribution in [2.45, 2.75) is 53.5 Å². The lowest BCUT2D eigenvalue weighted by Crippen LogP contribution is -2.50. The number of amides is 2. The largest absolute Gasteiger partial charge is 0.483 e. The first kappa shape index (κ1) is 21.5. The smallest absolute Gasteiger partial charge is 0.260 e. The summed E-state index contributed by atoms with van der Waals surface area (Å²) >= 11 is 5.86. The zero-order valence-electron chi connectivity index (χ0n) is 17.0. The molecule has 0 bridgehead atoms. The Kier molecular flexibility index (Phi) is 7.15. The van der Waals surface area contributed by atoms with E-state index in [1.807, 2.05) is 45.6 Å². The second-order valence-electron chi connectivity index (χ2n) is 8.09. The zero-order chi connectivity index (χ0) is 20.2. The van der Waals surface area contributed by atoms with Gasteiger partial charge in [-0.05, 0) is 64.2 Å². The Labute approximate surface area is 167 Å². The molecule has 1 aliphatic rings. The summed E-state index contributed by atoms with van der Waals surface area (Å²) in [5.41, 5.74) is 2.69. The Morgan fingerprint density at radius 2 is 1.78 bits per heavy atom. The van der Waals surface area contributed by atoms with Crippen LogP contribution in [0.2, 0.25) is 0 Å². The number of nitrogens with one attached hydrogen (secondary N) is 1. The number of rotatable bonds is 6. The van der Waals surface area contributed by atoms with Crippen LogP contribution in [-0.4, -0.2) is 48.3 Å². The Hall–Kier alpha value is -1.75. The van der Waals surface area contributed by atoms with E-state index in [2.05, 4.69) is 11.4 Å². The van der Waals surface area contributed by atoms with Crippen molar-refractivity contribution in [1.82, 2.24) is 10.2 Å². The highest BCUT2D eigenvalue weighted by Crippen LogP contribution is 2.26. The molecule has 0 aromatic heterocycles. The lowest BCUT2D eigenvalue weighted by molar-refractivity contribution is -0.134. The summed E-state index contributed by atoms with van der Waals surface area (Å²) in [5, 5.41) is 3.06. The van der Waals surface area contributed by atoms with E-state index in [4.69, 9.17) is 16.3 Å². The number of halogens is 1. The third-order valence-electron chi connectivity index (χ3n) is 5.35. The van der Waals surface area contributed by atoms with E-state index < -0.39 is 5.41 Å². The number of nitrogens with zero attached hydrogens (tertiary/aromatic N) is 1. The van der Waals surface area contributed by atoms with Gasteiger partial charge in [0.15, 0.2) is 6.61 Å². The molecule has 2 rings (SSSR count). The van der Waals surface area contributed by atoms with Crippen LogP contribution in [0.1, 0.15) is 43.4 Å². The molecule has 0 spiro atoms. The predicted molar refractivity (Wildman–Crippen MR) is 108 cm³/mol. The van der Waals surface area contributed by atoms with E-state index in [0.29, 0.717) is 13.1 Å². The van der Waals surface area contributed by atoms with Crippen LogP contribution in [0.4, 0.5) is 0 Å². The molecule has 1 aromatic carbocycles. The van der Waals surface area contributed by atoms with Gasteiger partial charge in [0.05, 0.1) is 5.41 Å². The highest BCUT2D eigenvalue weighted by molar-refractivity contribution is 6.19. The minimum atomic E-state index is -0.577. The van der Waals surface area contributed by atoms with Gasteiger partial charge in [0.2, 0.25) is 5.91 Å². The Morgan fingerprint density at radius 3 is 2.37 bits per heavy atom. The minimum Gasteiger partial charge on any atom is -0.483 e. The van der Waals surface area contributed by atoms with Crippen molar-refractivity contribution in [1.29, 1.82) is 0 Å². The molecular weight excluding hydrogens is 364 g/mol. The van der Waals surface area contributed by atoms with Gasteiger partial charge >= 0.3 is 0 Å². The highest BCUT2D eigenvalue weighted by atomic mass is 35.5. The van der Waals surface area contributed by atoms with Gasteiger partial charge in [-0.2, -0.15) is 0 Å². The van der Waals surface area contributed by atoms with Gasteiger partial charge in [-0.3, -0.25) is 9.59 Å². The first-order valence-corrected chi connectivity index (χ1v) is 10.0. The van der Waals surface area contributed by atoms with Crippen LogP contribution in [0.25, 0.3) is 0 Å². The molecule has 2 amide bonds. The maximum Gasteiger partial charge on any atom is 0.260 e. The number of hydrogen-bond donors (Lipinski definition) is 1. The number of benzene rings is 1. The SMILES string of the molecule is Cc1ccc(C)c(OCC(=O)N2CCC(NC(=O)C(C)(C)CCl)CC2)c1C. The van der Waals surface area contributed by atoms with E-state index in [9.17, 15) is 9.59 Å². The van der Waals surface area contributed by atoms with Crippen LogP contribution in [0.5, 0.6) is 5.75 Å². The van der Waals surface area contributed by atoms with Crippen LogP contribution in [0.3, 0.4) is 0 Å². The lowest BCUT2D eigenvalue weighted by atomic mass is 9.93. The molecule has 1 aromatic rings. The Balaban J connectivity index is 1.84. The fraction of sp³-hybridized carbons (Fsp3) is 0.619. The Morgan fingerprint density at radius 1 is 1.19 bits per heavy atom. The van der Waals surface area contributed by atoms with Gasteiger partial charge in [-0.25, -0.2) is 0 Å². The molecule has 5 nitrogen and oxygen atoms in total. The standard InChI is InChI=1S/C21H31ClN2O3/c1-14-6-7-15(2)19(16(14)3)27-12-18(25)24-10-8-17(9-11-24)23-20(26)21(4,5)13-22/h6-7,17H,8-13H2,1-5H3,(H,23,26). The first-order valence-electron chi connectivity index (χ1n) is 9.50. The third-order valence-corrected chi connectivity index (χ3v) is 6.01. The monoisotopic (exact) mass is 394 g/mol. The molecule has 1 N–H and O–H groups in total. The van der Waals surface area contributed by atoms with Crippen molar-refractivity contribution in [2.24, 2.45) is 5.41 Å². The third kappa shape index (κ3) is 5.38. The normalized spacial score (nSPS) is 15.6. The molecule has 1 fully saturated rings. The molecule has 1 heterocycles. The quantitative estimate of drug-likeness (QED) is 0.752. The van der Waals surface area contributed by atoms with E-state index in [0.717, 1.165) is 35.3 Å². The van der Waals surface area contributed by atoms with Crippen molar-refractivity contribution in [2.75, 3.05) is 25.6 Å². The van der Waals surface area contributed by atoms with Crippen molar-refractivity contribution in [3.8, 4) is 5.75 Å². The lowest BCUT2D eigenvalue weighted by Gasteiger charge is -2.34. The topological polar surface area (TPSA) is 58.6 Å². The van der Waals surface area contributed by atoms with Crippen molar-refractivity contribution in [3.63, 3.8) is 0 Å². The number of piperidine rings is 1. The number of alkyl halides is 1. The summed E-state index contributed by atoms with van der Waals surface area (Å²) in [5.74, 6) is 1.04. The molecule has 0 atom stereocenters. The van der Waals surface area contributed by atoms with E-state index in [1.54, 1.807) is 0 Å². The summed E-state index contributed by atoms with van der Waals surface area (Å²) in [6, 6.07) is 4.16. The molecule has 1 aliphatic heterocycles. The van der Waals surface area contributed by atoms with Gasteiger partial charge in [-0.1, -0.05) is 12.1 Å². The molecule has 0 aliphatic carbocycles. The average molecular weight is 395 g/mol. The molecular formula is C21H31ClN2O3. The van der Waals surface area contributed by atoms with E-state index in [-0.39, 0.29) is 30.3 Å². The number of likely N-dealkylation sites (tertiary alicyclic amines) is 1. The van der Waals surface area contributed by atoms with Gasteiger partial charge in [0.1, 0.15) is 5.75 Å². The minimum absolute atomic E-state index is 0.0128. The molecule has 150 valence electrons. The predicted octanol–water partition coefficient (Wildman–Crippen LogP) is 3.36. The highest BCUT2D eigenvalue weighted by Gasteiger charge is 2.30. The molecule has 0 radical (unpaired) electrons. The van der Waals surface area contributed by atoms with Crippen LogP contribution in [-0.2, 0) is 9.59 Å². The van der Waals surface area contributed by atoms with Gasteiger partial charge < -0.3 is 15.0 Å². The van der Waals surface area contributed by atoms with E-state index >= 15 is 0 Å². The van der Waals surface area contributed by atoms with Crippen LogP contribution < -0.4 is 10.1 Å². The number of hydrogen-bond acceptors (Lipinski definition) is 3.